The highest BCUT2D eigenvalue weighted by atomic mass is 16.5. The summed E-state index contributed by atoms with van der Waals surface area (Å²) in [5.41, 5.74) is 12.8. The van der Waals surface area contributed by atoms with E-state index >= 15 is 0 Å². The Bertz CT molecular complexity index is 1330. The third-order valence-electron chi connectivity index (χ3n) is 4.87. The maximum atomic E-state index is 9.82. The van der Waals surface area contributed by atoms with Crippen LogP contribution in [0.3, 0.4) is 0 Å². The zero-order valence-electron chi connectivity index (χ0n) is 16.8. The Kier molecular flexibility index (Phi) is 5.12. The number of nitrogen functional groups attached to an aromatic ring is 2. The number of terminal acetylenes is 2. The molecule has 4 aromatic rings. The van der Waals surface area contributed by atoms with Gasteiger partial charge in [-0.25, -0.2) is 0 Å². The standard InChI is InChI=1S/C26H18N2O4/c1-3-17-19-7-12-26(32-16-6-10-22(28)24(30)14-16)18(4-2)20(19)8-11-25(17)31-15-5-9-21(27)23(29)13-15/h1-2,5-14,29-30H,27-28H2. The van der Waals surface area contributed by atoms with Crippen LogP contribution in [-0.4, -0.2) is 10.2 Å². The monoisotopic (exact) mass is 422 g/mol. The summed E-state index contributed by atoms with van der Waals surface area (Å²) >= 11 is 0. The van der Waals surface area contributed by atoms with Crippen molar-refractivity contribution in [2.24, 2.45) is 0 Å². The fourth-order valence-corrected chi connectivity index (χ4v) is 3.26. The van der Waals surface area contributed by atoms with Gasteiger partial charge in [0.1, 0.15) is 34.5 Å². The Hall–Kier alpha value is -4.94. The van der Waals surface area contributed by atoms with Crippen LogP contribution in [0.25, 0.3) is 10.8 Å². The Morgan fingerprint density at radius 3 is 1.38 bits per heavy atom. The lowest BCUT2D eigenvalue weighted by atomic mass is 9.99. The highest BCUT2D eigenvalue weighted by Gasteiger charge is 2.15. The van der Waals surface area contributed by atoms with Crippen molar-refractivity contribution >= 4 is 22.1 Å². The molecule has 0 aliphatic rings. The summed E-state index contributed by atoms with van der Waals surface area (Å²) in [6.07, 6.45) is 11.6. The maximum absolute atomic E-state index is 9.82. The van der Waals surface area contributed by atoms with Crippen molar-refractivity contribution in [2.75, 3.05) is 11.5 Å². The number of hydrogen-bond acceptors (Lipinski definition) is 6. The highest BCUT2D eigenvalue weighted by Crippen LogP contribution is 2.38. The van der Waals surface area contributed by atoms with Gasteiger partial charge in [0.15, 0.2) is 0 Å². The number of phenols is 2. The van der Waals surface area contributed by atoms with E-state index in [2.05, 4.69) is 11.8 Å². The SMILES string of the molecule is C#Cc1c(Oc2ccc(N)c(O)c2)ccc2c(C#C)c(Oc3ccc(N)c(O)c3)ccc12. The predicted molar refractivity (Wildman–Crippen MR) is 125 cm³/mol. The summed E-state index contributed by atoms with van der Waals surface area (Å²) in [7, 11) is 0. The van der Waals surface area contributed by atoms with Crippen LogP contribution in [0, 0.1) is 24.7 Å². The Morgan fingerprint density at radius 2 is 1.03 bits per heavy atom. The van der Waals surface area contributed by atoms with Gasteiger partial charge in [-0.15, -0.1) is 12.8 Å². The zero-order valence-corrected chi connectivity index (χ0v) is 16.8. The van der Waals surface area contributed by atoms with Gasteiger partial charge < -0.3 is 31.2 Å². The van der Waals surface area contributed by atoms with Crippen molar-refractivity contribution in [3.8, 4) is 59.2 Å². The lowest BCUT2D eigenvalue weighted by molar-refractivity contribution is 0.455. The molecule has 6 nitrogen and oxygen atoms in total. The largest absolute Gasteiger partial charge is 0.506 e. The van der Waals surface area contributed by atoms with Crippen LogP contribution >= 0.6 is 0 Å². The molecule has 0 aliphatic heterocycles. The normalized spacial score (nSPS) is 10.3. The van der Waals surface area contributed by atoms with Gasteiger partial charge in [0.25, 0.3) is 0 Å². The first kappa shape index (κ1) is 20.3. The summed E-state index contributed by atoms with van der Waals surface area (Å²) in [5, 5.41) is 21.0. The van der Waals surface area contributed by atoms with Crippen molar-refractivity contribution in [1.29, 1.82) is 0 Å². The van der Waals surface area contributed by atoms with Crippen LogP contribution in [0.1, 0.15) is 11.1 Å². The van der Waals surface area contributed by atoms with Crippen molar-refractivity contribution in [3.63, 3.8) is 0 Å². The van der Waals surface area contributed by atoms with Gasteiger partial charge in [0, 0.05) is 22.9 Å². The van der Waals surface area contributed by atoms with Crippen LogP contribution in [0.15, 0.2) is 60.7 Å². The molecule has 0 bridgehead atoms. The minimum Gasteiger partial charge on any atom is -0.506 e. The molecule has 4 rings (SSSR count). The second-order valence-electron chi connectivity index (χ2n) is 6.91. The number of benzene rings is 4. The lowest BCUT2D eigenvalue weighted by Gasteiger charge is -2.15. The molecule has 0 atom stereocenters. The average molecular weight is 422 g/mol. The van der Waals surface area contributed by atoms with Crippen molar-refractivity contribution in [1.82, 2.24) is 0 Å². The van der Waals surface area contributed by atoms with Crippen LogP contribution in [0.4, 0.5) is 11.4 Å². The van der Waals surface area contributed by atoms with E-state index in [1.54, 1.807) is 36.4 Å². The molecule has 0 spiro atoms. The molecular formula is C26H18N2O4. The molecule has 0 aliphatic carbocycles. The third kappa shape index (κ3) is 3.65. The number of ether oxygens (including phenoxy) is 2. The highest BCUT2D eigenvalue weighted by molar-refractivity contribution is 5.96. The number of aromatic hydroxyl groups is 2. The first-order chi connectivity index (χ1) is 15.4. The van der Waals surface area contributed by atoms with E-state index in [0.717, 1.165) is 0 Å². The van der Waals surface area contributed by atoms with Gasteiger partial charge in [0.05, 0.1) is 22.5 Å². The van der Waals surface area contributed by atoms with Gasteiger partial charge in [-0.1, -0.05) is 11.8 Å². The number of hydrogen-bond donors (Lipinski definition) is 4. The summed E-state index contributed by atoms with van der Waals surface area (Å²) in [4.78, 5) is 0. The molecule has 6 N–H and O–H groups in total. The quantitative estimate of drug-likeness (QED) is 0.210. The van der Waals surface area contributed by atoms with E-state index in [4.69, 9.17) is 33.8 Å². The van der Waals surface area contributed by atoms with E-state index in [1.165, 1.54) is 24.3 Å². The summed E-state index contributed by atoms with van der Waals surface area (Å²) in [5.74, 6) is 6.73. The fraction of sp³-hybridized carbons (Fsp3) is 0. The average Bonchev–Trinajstić information content (AvgIpc) is 2.78. The van der Waals surface area contributed by atoms with Crippen LogP contribution in [0.2, 0.25) is 0 Å². The molecule has 0 saturated heterocycles. The molecule has 156 valence electrons. The molecule has 6 heteroatoms. The van der Waals surface area contributed by atoms with E-state index in [9.17, 15) is 10.2 Å². The van der Waals surface area contributed by atoms with E-state index < -0.39 is 0 Å². The molecule has 0 radical (unpaired) electrons. The van der Waals surface area contributed by atoms with E-state index in [0.29, 0.717) is 44.9 Å². The van der Waals surface area contributed by atoms with Crippen molar-refractivity contribution in [2.45, 2.75) is 0 Å². The fourth-order valence-electron chi connectivity index (χ4n) is 3.26. The molecule has 0 fully saturated rings. The van der Waals surface area contributed by atoms with Crippen molar-refractivity contribution < 1.29 is 19.7 Å². The molecule has 0 aromatic heterocycles. The van der Waals surface area contributed by atoms with Crippen molar-refractivity contribution in [3.05, 3.63) is 71.8 Å². The van der Waals surface area contributed by atoms with Crippen LogP contribution in [0.5, 0.6) is 34.5 Å². The molecule has 0 saturated carbocycles. The number of anilines is 2. The second-order valence-corrected chi connectivity index (χ2v) is 6.91. The van der Waals surface area contributed by atoms with Gasteiger partial charge >= 0.3 is 0 Å². The number of fused-ring (bicyclic) bond motifs is 1. The van der Waals surface area contributed by atoms with Gasteiger partial charge in [-0.2, -0.15) is 0 Å². The smallest absolute Gasteiger partial charge is 0.143 e. The molecule has 0 amide bonds. The summed E-state index contributed by atoms with van der Waals surface area (Å²) < 4.78 is 11.8. The molecule has 0 heterocycles. The number of nitrogens with two attached hydrogens (primary N) is 2. The molecule has 4 aromatic carbocycles. The van der Waals surface area contributed by atoms with Gasteiger partial charge in [-0.3, -0.25) is 0 Å². The molecular weight excluding hydrogens is 404 g/mol. The number of rotatable bonds is 4. The Morgan fingerprint density at radius 1 is 0.625 bits per heavy atom. The van der Waals surface area contributed by atoms with Crippen LogP contribution in [-0.2, 0) is 0 Å². The summed E-state index contributed by atoms with van der Waals surface area (Å²) in [6, 6.07) is 16.1. The molecule has 0 unspecified atom stereocenters. The first-order valence-electron chi connectivity index (χ1n) is 9.47. The predicted octanol–water partition coefficient (Wildman–Crippen LogP) is 4.96. The minimum absolute atomic E-state index is 0.0874. The van der Waals surface area contributed by atoms with E-state index in [-0.39, 0.29) is 22.9 Å². The zero-order chi connectivity index (χ0) is 22.8. The van der Waals surface area contributed by atoms with Gasteiger partial charge in [-0.05, 0) is 48.5 Å². The maximum Gasteiger partial charge on any atom is 0.143 e. The number of phenolic OH excluding ortho intramolecular Hbond substituents is 2. The summed E-state index contributed by atoms with van der Waals surface area (Å²) in [6.45, 7) is 0. The third-order valence-corrected chi connectivity index (χ3v) is 4.87. The minimum atomic E-state index is -0.0874. The van der Waals surface area contributed by atoms with Gasteiger partial charge in [0.2, 0.25) is 0 Å². The lowest BCUT2D eigenvalue weighted by Crippen LogP contribution is -1.95. The first-order valence-corrected chi connectivity index (χ1v) is 9.47. The Balaban J connectivity index is 1.77. The topological polar surface area (TPSA) is 111 Å². The molecule has 32 heavy (non-hydrogen) atoms. The second kappa shape index (κ2) is 8.06. The van der Waals surface area contributed by atoms with E-state index in [1.807, 2.05) is 0 Å². The Labute approximate surface area is 184 Å². The van der Waals surface area contributed by atoms with Crippen LogP contribution < -0.4 is 20.9 Å².